The van der Waals surface area contributed by atoms with Crippen LogP contribution in [0.2, 0.25) is 0 Å². The molecule has 1 N–H and O–H groups in total. The molecule has 7 heteroatoms. The zero-order chi connectivity index (χ0) is 20.2. The van der Waals surface area contributed by atoms with Crippen LogP contribution in [0.1, 0.15) is 30.0 Å². The molecule has 2 aromatic carbocycles. The quantitative estimate of drug-likeness (QED) is 0.820. The minimum Gasteiger partial charge on any atom is -0.326 e. The Morgan fingerprint density at radius 2 is 1.63 bits per heavy atom. The molecule has 2 aromatic rings. The van der Waals surface area contributed by atoms with E-state index >= 15 is 0 Å². The van der Waals surface area contributed by atoms with Crippen molar-refractivity contribution in [2.75, 3.05) is 16.8 Å². The van der Waals surface area contributed by atoms with Crippen LogP contribution in [0.4, 0.5) is 24.5 Å². The average Bonchev–Trinajstić information content (AvgIpc) is 2.58. The summed E-state index contributed by atoms with van der Waals surface area (Å²) in [6.07, 6.45) is -4.54. The van der Waals surface area contributed by atoms with Gasteiger partial charge in [0, 0.05) is 31.3 Å². The largest absolute Gasteiger partial charge is 0.416 e. The maximum Gasteiger partial charge on any atom is 0.416 e. The fourth-order valence-electron chi connectivity index (χ4n) is 2.75. The smallest absolute Gasteiger partial charge is 0.326 e. The highest BCUT2D eigenvalue weighted by molar-refractivity contribution is 5.95. The van der Waals surface area contributed by atoms with E-state index < -0.39 is 17.6 Å². The SMILES string of the molecule is CC(=O)N(CCC(=O)Nc1c(C)cccc1C)c1cccc(C(F)(F)F)c1. The second-order valence-electron chi connectivity index (χ2n) is 6.28. The van der Waals surface area contributed by atoms with Gasteiger partial charge < -0.3 is 10.2 Å². The lowest BCUT2D eigenvalue weighted by molar-refractivity contribution is -0.137. The highest BCUT2D eigenvalue weighted by atomic mass is 19.4. The summed E-state index contributed by atoms with van der Waals surface area (Å²) in [7, 11) is 0. The minimum atomic E-state index is -4.50. The minimum absolute atomic E-state index is 0.0204. The molecule has 0 aliphatic heterocycles. The molecule has 27 heavy (non-hydrogen) atoms. The summed E-state index contributed by atoms with van der Waals surface area (Å²) < 4.78 is 38.7. The average molecular weight is 378 g/mol. The number of hydrogen-bond donors (Lipinski definition) is 1. The van der Waals surface area contributed by atoms with Crippen LogP contribution in [-0.4, -0.2) is 18.4 Å². The van der Waals surface area contributed by atoms with Crippen molar-refractivity contribution >= 4 is 23.2 Å². The summed E-state index contributed by atoms with van der Waals surface area (Å²) in [5.41, 5.74) is 1.79. The summed E-state index contributed by atoms with van der Waals surface area (Å²) in [5, 5.41) is 2.80. The fraction of sp³-hybridized carbons (Fsp3) is 0.300. The molecule has 0 saturated carbocycles. The molecule has 0 aliphatic rings. The molecule has 0 saturated heterocycles. The van der Waals surface area contributed by atoms with Gasteiger partial charge in [0.2, 0.25) is 11.8 Å². The highest BCUT2D eigenvalue weighted by Gasteiger charge is 2.31. The molecule has 0 atom stereocenters. The van der Waals surface area contributed by atoms with Crippen LogP contribution in [0.3, 0.4) is 0 Å². The molecule has 0 fully saturated rings. The van der Waals surface area contributed by atoms with E-state index in [1.165, 1.54) is 24.0 Å². The lowest BCUT2D eigenvalue weighted by Crippen LogP contribution is -2.32. The zero-order valence-electron chi connectivity index (χ0n) is 15.4. The topological polar surface area (TPSA) is 49.4 Å². The molecule has 4 nitrogen and oxygen atoms in total. The number of nitrogens with one attached hydrogen (secondary N) is 1. The predicted molar refractivity (Wildman–Crippen MR) is 98.6 cm³/mol. The number of aryl methyl sites for hydroxylation is 2. The fourth-order valence-corrected chi connectivity index (χ4v) is 2.75. The molecule has 0 aromatic heterocycles. The van der Waals surface area contributed by atoms with E-state index in [9.17, 15) is 22.8 Å². The van der Waals surface area contributed by atoms with E-state index in [1.807, 2.05) is 32.0 Å². The standard InChI is InChI=1S/C20H21F3N2O2/c1-13-6-4-7-14(2)19(13)24-18(27)10-11-25(15(3)26)17-9-5-8-16(12-17)20(21,22)23/h4-9,12H,10-11H2,1-3H3,(H,24,27). The predicted octanol–water partition coefficient (Wildman–Crippen LogP) is 4.70. The Morgan fingerprint density at radius 1 is 1.04 bits per heavy atom. The molecule has 0 spiro atoms. The number of halogens is 3. The molecule has 0 aliphatic carbocycles. The van der Waals surface area contributed by atoms with Crippen LogP contribution in [0.15, 0.2) is 42.5 Å². The van der Waals surface area contributed by atoms with Gasteiger partial charge in [-0.05, 0) is 43.2 Å². The third-order valence-electron chi connectivity index (χ3n) is 4.17. The van der Waals surface area contributed by atoms with Crippen molar-refractivity contribution in [1.82, 2.24) is 0 Å². The van der Waals surface area contributed by atoms with Crippen molar-refractivity contribution in [3.05, 3.63) is 59.2 Å². The number of hydrogen-bond acceptors (Lipinski definition) is 2. The van der Waals surface area contributed by atoms with Crippen molar-refractivity contribution in [3.63, 3.8) is 0 Å². The number of rotatable bonds is 5. The molecule has 0 bridgehead atoms. The molecule has 0 heterocycles. The zero-order valence-corrected chi connectivity index (χ0v) is 15.4. The molecule has 2 amide bonds. The van der Waals surface area contributed by atoms with Gasteiger partial charge in [-0.1, -0.05) is 24.3 Å². The summed E-state index contributed by atoms with van der Waals surface area (Å²) in [4.78, 5) is 25.3. The lowest BCUT2D eigenvalue weighted by atomic mass is 10.1. The van der Waals surface area contributed by atoms with Crippen LogP contribution in [0, 0.1) is 13.8 Å². The lowest BCUT2D eigenvalue weighted by Gasteiger charge is -2.22. The van der Waals surface area contributed by atoms with Crippen molar-refractivity contribution in [1.29, 1.82) is 0 Å². The van der Waals surface area contributed by atoms with Crippen molar-refractivity contribution in [3.8, 4) is 0 Å². The highest BCUT2D eigenvalue weighted by Crippen LogP contribution is 2.31. The normalized spacial score (nSPS) is 11.2. The first-order valence-electron chi connectivity index (χ1n) is 8.41. The van der Waals surface area contributed by atoms with Crippen molar-refractivity contribution in [2.24, 2.45) is 0 Å². The number of carbonyl (C=O) groups excluding carboxylic acids is 2. The monoisotopic (exact) mass is 378 g/mol. The molecule has 2 rings (SSSR count). The summed E-state index contributed by atoms with van der Waals surface area (Å²) >= 11 is 0. The van der Waals surface area contributed by atoms with Gasteiger partial charge >= 0.3 is 6.18 Å². The first-order chi connectivity index (χ1) is 12.6. The Morgan fingerprint density at radius 3 is 2.19 bits per heavy atom. The third kappa shape index (κ3) is 5.32. The second-order valence-corrected chi connectivity index (χ2v) is 6.28. The summed E-state index contributed by atoms with van der Waals surface area (Å²) in [6, 6.07) is 10.1. The first kappa shape index (κ1) is 20.5. The van der Waals surface area contributed by atoms with Crippen LogP contribution < -0.4 is 10.2 Å². The van der Waals surface area contributed by atoms with Crippen LogP contribution in [-0.2, 0) is 15.8 Å². The Labute approximate surface area is 156 Å². The van der Waals surface area contributed by atoms with E-state index in [4.69, 9.17) is 0 Å². The Kier molecular flexibility index (Phi) is 6.25. The molecule has 0 unspecified atom stereocenters. The van der Waals surface area contributed by atoms with E-state index in [0.717, 1.165) is 23.3 Å². The maximum absolute atomic E-state index is 12.9. The van der Waals surface area contributed by atoms with Gasteiger partial charge in [-0.15, -0.1) is 0 Å². The van der Waals surface area contributed by atoms with E-state index in [0.29, 0.717) is 5.69 Å². The molecule has 0 radical (unpaired) electrons. The Bertz CT molecular complexity index is 827. The number of para-hydroxylation sites is 1. The van der Waals surface area contributed by atoms with Crippen LogP contribution in [0.25, 0.3) is 0 Å². The van der Waals surface area contributed by atoms with Gasteiger partial charge in [-0.3, -0.25) is 9.59 Å². The third-order valence-corrected chi connectivity index (χ3v) is 4.17. The number of anilines is 2. The van der Waals surface area contributed by atoms with Gasteiger partial charge in [0.15, 0.2) is 0 Å². The molecular formula is C20H21F3N2O2. The Hall–Kier alpha value is -2.83. The van der Waals surface area contributed by atoms with Gasteiger partial charge in [-0.2, -0.15) is 13.2 Å². The Balaban J connectivity index is 2.11. The van der Waals surface area contributed by atoms with Crippen LogP contribution >= 0.6 is 0 Å². The number of benzene rings is 2. The maximum atomic E-state index is 12.9. The first-order valence-corrected chi connectivity index (χ1v) is 8.41. The molecular weight excluding hydrogens is 357 g/mol. The van der Waals surface area contributed by atoms with Gasteiger partial charge in [0.1, 0.15) is 0 Å². The van der Waals surface area contributed by atoms with Crippen LogP contribution in [0.5, 0.6) is 0 Å². The van der Waals surface area contributed by atoms with Gasteiger partial charge in [-0.25, -0.2) is 0 Å². The number of alkyl halides is 3. The van der Waals surface area contributed by atoms with Crippen molar-refractivity contribution < 1.29 is 22.8 Å². The van der Waals surface area contributed by atoms with Crippen molar-refractivity contribution in [2.45, 2.75) is 33.4 Å². The molecule has 144 valence electrons. The summed E-state index contributed by atoms with van der Waals surface area (Å²) in [5.74, 6) is -0.750. The van der Waals surface area contributed by atoms with E-state index in [2.05, 4.69) is 5.32 Å². The van der Waals surface area contributed by atoms with Gasteiger partial charge in [0.05, 0.1) is 5.56 Å². The second kappa shape index (κ2) is 8.24. The number of carbonyl (C=O) groups is 2. The number of amides is 2. The van der Waals surface area contributed by atoms with E-state index in [-0.39, 0.29) is 24.6 Å². The van der Waals surface area contributed by atoms with E-state index in [1.54, 1.807) is 0 Å². The number of nitrogens with zero attached hydrogens (tertiary/aromatic N) is 1. The van der Waals surface area contributed by atoms with Gasteiger partial charge in [0.25, 0.3) is 0 Å². The summed E-state index contributed by atoms with van der Waals surface area (Å²) in [6.45, 7) is 4.97.